The minimum atomic E-state index is -0.302. The van der Waals surface area contributed by atoms with Gasteiger partial charge in [-0.25, -0.2) is 4.98 Å². The number of carbonyl (C=O) groups is 2. The maximum Gasteiger partial charge on any atom is 0.273 e. The molecule has 1 atom stereocenters. The van der Waals surface area contributed by atoms with Gasteiger partial charge in [-0.2, -0.15) is 5.10 Å². The van der Waals surface area contributed by atoms with E-state index in [1.807, 2.05) is 14.0 Å². The second kappa shape index (κ2) is 6.91. The number of nitrogens with zero attached hydrogens (tertiary/aromatic N) is 6. The monoisotopic (exact) mass is 386 g/mol. The summed E-state index contributed by atoms with van der Waals surface area (Å²) in [6, 6.07) is -0.302. The first-order valence-electron chi connectivity index (χ1n) is 8.43. The van der Waals surface area contributed by atoms with E-state index in [2.05, 4.69) is 30.7 Å². The van der Waals surface area contributed by atoms with E-state index in [9.17, 15) is 9.59 Å². The Balaban J connectivity index is 1.47. The van der Waals surface area contributed by atoms with Crippen LogP contribution in [-0.2, 0) is 20.0 Å². The van der Waals surface area contributed by atoms with Crippen molar-refractivity contribution in [3.8, 4) is 0 Å². The van der Waals surface area contributed by atoms with Crippen LogP contribution in [0.5, 0.6) is 0 Å². The predicted octanol–water partition coefficient (Wildman–Crippen LogP) is 0.684. The Labute approximate surface area is 158 Å². The van der Waals surface area contributed by atoms with Crippen LogP contribution in [0.15, 0.2) is 17.2 Å². The molecule has 1 unspecified atom stereocenters. The number of carbonyl (C=O) groups excluding carboxylic acids is 2. The molecule has 2 N–H and O–H groups in total. The van der Waals surface area contributed by atoms with Crippen molar-refractivity contribution < 1.29 is 9.59 Å². The van der Waals surface area contributed by atoms with E-state index in [4.69, 9.17) is 0 Å². The van der Waals surface area contributed by atoms with Gasteiger partial charge in [0.25, 0.3) is 11.8 Å². The second-order valence-corrected chi connectivity index (χ2v) is 7.09. The van der Waals surface area contributed by atoms with Crippen LogP contribution in [0.25, 0.3) is 0 Å². The third-order valence-electron chi connectivity index (χ3n) is 4.57. The van der Waals surface area contributed by atoms with E-state index in [-0.39, 0.29) is 17.9 Å². The zero-order valence-electron chi connectivity index (χ0n) is 14.8. The van der Waals surface area contributed by atoms with Gasteiger partial charge in [-0.15, -0.1) is 21.5 Å². The Morgan fingerprint density at radius 3 is 2.96 bits per heavy atom. The fourth-order valence-corrected chi connectivity index (χ4v) is 3.70. The van der Waals surface area contributed by atoms with Gasteiger partial charge >= 0.3 is 0 Å². The topological polar surface area (TPSA) is 122 Å². The smallest absolute Gasteiger partial charge is 0.273 e. The van der Waals surface area contributed by atoms with E-state index < -0.39 is 0 Å². The normalized spacial score (nSPS) is 14.7. The van der Waals surface area contributed by atoms with Crippen LogP contribution in [0.1, 0.15) is 51.0 Å². The number of aromatic nitrogens is 6. The molecule has 27 heavy (non-hydrogen) atoms. The van der Waals surface area contributed by atoms with Crippen LogP contribution in [0.2, 0.25) is 0 Å². The van der Waals surface area contributed by atoms with Crippen molar-refractivity contribution in [3.63, 3.8) is 0 Å². The van der Waals surface area contributed by atoms with Gasteiger partial charge in [-0.1, -0.05) is 0 Å². The van der Waals surface area contributed by atoms with Crippen LogP contribution in [0, 0.1) is 0 Å². The number of fused-ring (bicyclic) bond motifs is 1. The molecule has 4 rings (SSSR count). The quantitative estimate of drug-likeness (QED) is 0.680. The SMILES string of the molecule is CC(NC(=O)c1n[nH]c2c1CCN(C(=O)c1cscn1)C2)c1nncn1C. The van der Waals surface area contributed by atoms with Gasteiger partial charge in [-0.05, 0) is 13.3 Å². The molecule has 0 spiro atoms. The van der Waals surface area contributed by atoms with Crippen LogP contribution in [0.3, 0.4) is 0 Å². The van der Waals surface area contributed by atoms with E-state index in [1.54, 1.807) is 26.7 Å². The van der Waals surface area contributed by atoms with Crippen LogP contribution in [-0.4, -0.2) is 53.2 Å². The minimum Gasteiger partial charge on any atom is -0.341 e. The van der Waals surface area contributed by atoms with Crippen LogP contribution < -0.4 is 5.32 Å². The number of hydrogen-bond acceptors (Lipinski definition) is 7. The molecule has 3 aromatic rings. The summed E-state index contributed by atoms with van der Waals surface area (Å²) in [5.41, 5.74) is 4.07. The Bertz CT molecular complexity index is 977. The number of aromatic amines is 1. The lowest BCUT2D eigenvalue weighted by Crippen LogP contribution is -2.37. The lowest BCUT2D eigenvalue weighted by molar-refractivity contribution is 0.0727. The Hall–Kier alpha value is -3.08. The number of thiazole rings is 1. The third kappa shape index (κ3) is 3.21. The molecule has 140 valence electrons. The van der Waals surface area contributed by atoms with Gasteiger partial charge in [0.15, 0.2) is 11.5 Å². The average Bonchev–Trinajstić information content (AvgIpc) is 3.40. The number of aryl methyl sites for hydroxylation is 1. The van der Waals surface area contributed by atoms with Gasteiger partial charge < -0.3 is 14.8 Å². The Kier molecular flexibility index (Phi) is 4.44. The van der Waals surface area contributed by atoms with Crippen LogP contribution in [0.4, 0.5) is 0 Å². The molecule has 2 amide bonds. The highest BCUT2D eigenvalue weighted by Gasteiger charge is 2.29. The molecule has 4 heterocycles. The number of amides is 2. The number of H-pyrrole nitrogens is 1. The van der Waals surface area contributed by atoms with Crippen molar-refractivity contribution in [3.05, 3.63) is 45.7 Å². The van der Waals surface area contributed by atoms with Gasteiger partial charge in [-0.3, -0.25) is 14.7 Å². The zero-order chi connectivity index (χ0) is 19.0. The molecule has 1 aliphatic heterocycles. The van der Waals surface area contributed by atoms with Crippen molar-refractivity contribution in [1.82, 2.24) is 40.2 Å². The molecule has 0 aromatic carbocycles. The molecule has 0 saturated heterocycles. The summed E-state index contributed by atoms with van der Waals surface area (Å²) in [6.45, 7) is 2.74. The summed E-state index contributed by atoms with van der Waals surface area (Å²) in [4.78, 5) is 30.9. The first kappa shape index (κ1) is 17.3. The molecule has 0 bridgehead atoms. The van der Waals surface area contributed by atoms with E-state index in [1.165, 1.54) is 11.3 Å². The minimum absolute atomic E-state index is 0.113. The third-order valence-corrected chi connectivity index (χ3v) is 5.15. The summed E-state index contributed by atoms with van der Waals surface area (Å²) in [7, 11) is 1.82. The molecule has 0 aliphatic carbocycles. The van der Waals surface area contributed by atoms with Gasteiger partial charge in [0.1, 0.15) is 12.0 Å². The highest BCUT2D eigenvalue weighted by Crippen LogP contribution is 2.22. The van der Waals surface area contributed by atoms with E-state index in [0.717, 1.165) is 11.3 Å². The molecule has 10 nitrogen and oxygen atoms in total. The first-order valence-corrected chi connectivity index (χ1v) is 9.37. The fourth-order valence-electron chi connectivity index (χ4n) is 3.17. The predicted molar refractivity (Wildman–Crippen MR) is 96.0 cm³/mol. The summed E-state index contributed by atoms with van der Waals surface area (Å²) in [6.07, 6.45) is 2.14. The summed E-state index contributed by atoms with van der Waals surface area (Å²) < 4.78 is 1.76. The molecule has 0 radical (unpaired) electrons. The standard InChI is InChI=1S/C16H18N8O2S/c1-9(14-22-18-7-23(14)2)19-15(25)13-10-3-4-24(5-11(10)20-21-13)16(26)12-6-27-8-17-12/h6-9H,3-5H2,1-2H3,(H,19,25)(H,20,21). The van der Waals surface area contributed by atoms with E-state index >= 15 is 0 Å². The van der Waals surface area contributed by atoms with Gasteiger partial charge in [0.2, 0.25) is 0 Å². The summed E-state index contributed by atoms with van der Waals surface area (Å²) in [5.74, 6) is 0.272. The summed E-state index contributed by atoms with van der Waals surface area (Å²) in [5, 5.41) is 19.6. The van der Waals surface area contributed by atoms with E-state index in [0.29, 0.717) is 36.7 Å². The maximum atomic E-state index is 12.7. The number of hydrogen-bond donors (Lipinski definition) is 2. The molecule has 11 heteroatoms. The van der Waals surface area contributed by atoms with Crippen molar-refractivity contribution in [2.45, 2.75) is 25.9 Å². The average molecular weight is 386 g/mol. The summed E-state index contributed by atoms with van der Waals surface area (Å²) >= 11 is 1.39. The molecule has 0 saturated carbocycles. The molecular formula is C16H18N8O2S. The number of rotatable bonds is 4. The van der Waals surface area contributed by atoms with Crippen LogP contribution >= 0.6 is 11.3 Å². The van der Waals surface area contributed by atoms with Crippen molar-refractivity contribution >= 4 is 23.2 Å². The lowest BCUT2D eigenvalue weighted by atomic mass is 10.0. The molecule has 1 aliphatic rings. The van der Waals surface area contributed by atoms with Crippen molar-refractivity contribution in [2.75, 3.05) is 6.54 Å². The molecule has 0 fully saturated rings. The highest BCUT2D eigenvalue weighted by molar-refractivity contribution is 7.07. The Morgan fingerprint density at radius 2 is 2.26 bits per heavy atom. The van der Waals surface area contributed by atoms with Gasteiger partial charge in [0.05, 0.1) is 23.8 Å². The lowest BCUT2D eigenvalue weighted by Gasteiger charge is -2.26. The first-order chi connectivity index (χ1) is 13.0. The zero-order valence-corrected chi connectivity index (χ0v) is 15.7. The number of nitrogens with one attached hydrogen (secondary N) is 2. The van der Waals surface area contributed by atoms with Crippen molar-refractivity contribution in [1.29, 1.82) is 0 Å². The largest absolute Gasteiger partial charge is 0.341 e. The molecule has 3 aromatic heterocycles. The second-order valence-electron chi connectivity index (χ2n) is 6.37. The van der Waals surface area contributed by atoms with Gasteiger partial charge in [0, 0.05) is 24.5 Å². The molecular weight excluding hydrogens is 368 g/mol. The van der Waals surface area contributed by atoms with Crippen molar-refractivity contribution in [2.24, 2.45) is 7.05 Å². The maximum absolute atomic E-state index is 12.7. The highest BCUT2D eigenvalue weighted by atomic mass is 32.1. The Morgan fingerprint density at radius 1 is 1.41 bits per heavy atom. The fraction of sp³-hybridized carbons (Fsp3) is 0.375.